The maximum atomic E-state index is 12.0. The molecule has 0 spiro atoms. The minimum Gasteiger partial charge on any atom is -0.444 e. The number of carbonyl (C=O) groups is 2. The quantitative estimate of drug-likeness (QED) is 0.721. The normalized spacial score (nSPS) is 19.4. The van der Waals surface area contributed by atoms with E-state index in [1.807, 2.05) is 20.8 Å². The van der Waals surface area contributed by atoms with E-state index >= 15 is 0 Å². The summed E-state index contributed by atoms with van der Waals surface area (Å²) in [7, 11) is 0. The third-order valence-corrected chi connectivity index (χ3v) is 2.49. The molecular formula is C14H22N2O4. The lowest BCUT2D eigenvalue weighted by Gasteiger charge is -2.27. The summed E-state index contributed by atoms with van der Waals surface area (Å²) in [6.07, 6.45) is -0.399. The van der Waals surface area contributed by atoms with Crippen LogP contribution in [-0.4, -0.2) is 54.8 Å². The molecule has 6 nitrogen and oxygen atoms in total. The monoisotopic (exact) mass is 282 g/mol. The molecule has 0 aromatic heterocycles. The van der Waals surface area contributed by atoms with Gasteiger partial charge in [-0.1, -0.05) is 5.92 Å². The number of nitrogens with one attached hydrogen (secondary N) is 1. The number of nitrogens with zero attached hydrogens (tertiary/aromatic N) is 1. The highest BCUT2D eigenvalue weighted by molar-refractivity contribution is 5.93. The Morgan fingerprint density at radius 1 is 1.40 bits per heavy atom. The molecule has 112 valence electrons. The van der Waals surface area contributed by atoms with E-state index in [9.17, 15) is 9.59 Å². The van der Waals surface area contributed by atoms with Gasteiger partial charge in [-0.05, 0) is 33.6 Å². The second-order valence-electron chi connectivity index (χ2n) is 5.55. The van der Waals surface area contributed by atoms with Crippen LogP contribution in [0.25, 0.3) is 0 Å². The average Bonchev–Trinajstić information content (AvgIpc) is 2.52. The van der Waals surface area contributed by atoms with Crippen molar-refractivity contribution in [3.8, 4) is 11.8 Å². The summed E-state index contributed by atoms with van der Waals surface area (Å²) in [6.45, 7) is 8.62. The van der Waals surface area contributed by atoms with Crippen molar-refractivity contribution in [2.24, 2.45) is 0 Å². The van der Waals surface area contributed by atoms with Crippen LogP contribution >= 0.6 is 0 Å². The first-order chi connectivity index (χ1) is 9.31. The molecule has 1 rings (SSSR count). The first-order valence-corrected chi connectivity index (χ1v) is 6.61. The van der Waals surface area contributed by atoms with Crippen molar-refractivity contribution in [2.45, 2.75) is 39.3 Å². The van der Waals surface area contributed by atoms with Gasteiger partial charge in [-0.25, -0.2) is 4.79 Å². The van der Waals surface area contributed by atoms with Crippen LogP contribution in [0.5, 0.6) is 0 Å². The molecule has 6 heteroatoms. The van der Waals surface area contributed by atoms with Crippen molar-refractivity contribution in [1.29, 1.82) is 0 Å². The highest BCUT2D eigenvalue weighted by atomic mass is 16.6. The standard InChI is InChI=1S/C14H22N2O4/c1-5-6-12(17)15-11-9-16(7-8-19-10-11)13(18)20-14(2,3)4/h11H,7-10H2,1-4H3,(H,15,17). The van der Waals surface area contributed by atoms with Gasteiger partial charge in [0.05, 0.1) is 19.3 Å². The molecule has 0 saturated carbocycles. The second-order valence-corrected chi connectivity index (χ2v) is 5.55. The van der Waals surface area contributed by atoms with Crippen molar-refractivity contribution >= 4 is 12.0 Å². The summed E-state index contributed by atoms with van der Waals surface area (Å²) in [5, 5.41) is 2.72. The van der Waals surface area contributed by atoms with Crippen LogP contribution in [0.4, 0.5) is 4.79 Å². The Kier molecular flexibility index (Phi) is 5.83. The van der Waals surface area contributed by atoms with E-state index in [2.05, 4.69) is 17.2 Å². The van der Waals surface area contributed by atoms with Gasteiger partial charge >= 0.3 is 6.09 Å². The van der Waals surface area contributed by atoms with Crippen molar-refractivity contribution in [1.82, 2.24) is 10.2 Å². The predicted molar refractivity (Wildman–Crippen MR) is 74.0 cm³/mol. The molecule has 0 aliphatic carbocycles. The van der Waals surface area contributed by atoms with Gasteiger partial charge in [0.2, 0.25) is 0 Å². The van der Waals surface area contributed by atoms with Crippen LogP contribution < -0.4 is 5.32 Å². The van der Waals surface area contributed by atoms with Crippen molar-refractivity contribution in [3.63, 3.8) is 0 Å². The smallest absolute Gasteiger partial charge is 0.410 e. The van der Waals surface area contributed by atoms with E-state index < -0.39 is 11.7 Å². The second kappa shape index (κ2) is 7.15. The van der Waals surface area contributed by atoms with Gasteiger partial charge in [-0.3, -0.25) is 4.79 Å². The van der Waals surface area contributed by atoms with Gasteiger partial charge < -0.3 is 19.7 Å². The molecule has 1 aliphatic heterocycles. The van der Waals surface area contributed by atoms with E-state index in [1.54, 1.807) is 11.8 Å². The Bertz CT molecular complexity index is 417. The number of hydrogen-bond acceptors (Lipinski definition) is 4. The highest BCUT2D eigenvalue weighted by Gasteiger charge is 2.27. The summed E-state index contributed by atoms with van der Waals surface area (Å²) in [6, 6.07) is -0.279. The van der Waals surface area contributed by atoms with Gasteiger partial charge in [0.1, 0.15) is 5.60 Å². The van der Waals surface area contributed by atoms with Crippen LogP contribution in [-0.2, 0) is 14.3 Å². The van der Waals surface area contributed by atoms with Crippen molar-refractivity contribution < 1.29 is 19.1 Å². The number of rotatable bonds is 1. The van der Waals surface area contributed by atoms with Crippen LogP contribution in [0.2, 0.25) is 0 Å². The molecule has 0 radical (unpaired) electrons. The maximum Gasteiger partial charge on any atom is 0.410 e. The fourth-order valence-corrected chi connectivity index (χ4v) is 1.72. The lowest BCUT2D eigenvalue weighted by Crippen LogP contribution is -2.47. The average molecular weight is 282 g/mol. The number of amides is 2. The van der Waals surface area contributed by atoms with Gasteiger partial charge in [0.25, 0.3) is 5.91 Å². The zero-order valence-corrected chi connectivity index (χ0v) is 12.5. The van der Waals surface area contributed by atoms with E-state index in [1.165, 1.54) is 0 Å². The third-order valence-electron chi connectivity index (χ3n) is 2.49. The highest BCUT2D eigenvalue weighted by Crippen LogP contribution is 2.11. The number of hydrogen-bond donors (Lipinski definition) is 1. The van der Waals surface area contributed by atoms with Crippen molar-refractivity contribution in [3.05, 3.63) is 0 Å². The van der Waals surface area contributed by atoms with Gasteiger partial charge in [0, 0.05) is 13.1 Å². The van der Waals surface area contributed by atoms with Crippen LogP contribution in [0, 0.1) is 11.8 Å². The molecule has 1 fully saturated rings. The minimum absolute atomic E-state index is 0.279. The van der Waals surface area contributed by atoms with Crippen LogP contribution in [0.3, 0.4) is 0 Å². The summed E-state index contributed by atoms with van der Waals surface area (Å²) < 4.78 is 10.7. The lowest BCUT2D eigenvalue weighted by molar-refractivity contribution is -0.116. The lowest BCUT2D eigenvalue weighted by atomic mass is 10.2. The zero-order valence-electron chi connectivity index (χ0n) is 12.5. The molecule has 1 N–H and O–H groups in total. The number of carbonyl (C=O) groups excluding carboxylic acids is 2. The number of ether oxygens (including phenoxy) is 2. The Labute approximate surface area is 119 Å². The van der Waals surface area contributed by atoms with Crippen LogP contribution in [0.15, 0.2) is 0 Å². The molecule has 1 heterocycles. The molecule has 0 bridgehead atoms. The molecular weight excluding hydrogens is 260 g/mol. The van der Waals surface area contributed by atoms with E-state index in [0.29, 0.717) is 26.3 Å². The maximum absolute atomic E-state index is 12.0. The summed E-state index contributed by atoms with van der Waals surface area (Å²) >= 11 is 0. The van der Waals surface area contributed by atoms with Crippen molar-refractivity contribution in [2.75, 3.05) is 26.3 Å². The summed E-state index contributed by atoms with van der Waals surface area (Å²) in [5.41, 5.74) is -0.545. The Hall–Kier alpha value is -1.74. The molecule has 0 aromatic rings. The molecule has 1 aliphatic rings. The molecule has 2 amide bonds. The minimum atomic E-state index is -0.545. The van der Waals surface area contributed by atoms with Gasteiger partial charge in [-0.2, -0.15) is 0 Å². The predicted octanol–water partition coefficient (Wildman–Crippen LogP) is 0.762. The Balaban J connectivity index is 2.61. The van der Waals surface area contributed by atoms with E-state index in [-0.39, 0.29) is 11.9 Å². The fraction of sp³-hybridized carbons (Fsp3) is 0.714. The van der Waals surface area contributed by atoms with E-state index in [4.69, 9.17) is 9.47 Å². The summed E-state index contributed by atoms with van der Waals surface area (Å²) in [5.74, 6) is 4.57. The first kappa shape index (κ1) is 16.3. The Morgan fingerprint density at radius 2 is 2.10 bits per heavy atom. The van der Waals surface area contributed by atoms with E-state index in [0.717, 1.165) is 0 Å². The first-order valence-electron chi connectivity index (χ1n) is 6.61. The SMILES string of the molecule is CC#CC(=O)NC1COCCN(C(=O)OC(C)(C)C)C1. The molecule has 1 saturated heterocycles. The topological polar surface area (TPSA) is 67.9 Å². The largest absolute Gasteiger partial charge is 0.444 e. The van der Waals surface area contributed by atoms with Crippen LogP contribution in [0.1, 0.15) is 27.7 Å². The molecule has 1 unspecified atom stereocenters. The Morgan fingerprint density at radius 3 is 2.70 bits per heavy atom. The third kappa shape index (κ3) is 5.93. The molecule has 20 heavy (non-hydrogen) atoms. The molecule has 0 aromatic carbocycles. The summed E-state index contributed by atoms with van der Waals surface area (Å²) in [4.78, 5) is 25.0. The zero-order chi connectivity index (χ0) is 15.2. The van der Waals surface area contributed by atoms with Gasteiger partial charge in [0.15, 0.2) is 0 Å². The fourth-order valence-electron chi connectivity index (χ4n) is 1.72. The van der Waals surface area contributed by atoms with Gasteiger partial charge in [-0.15, -0.1) is 0 Å². The molecule has 1 atom stereocenters.